The lowest BCUT2D eigenvalue weighted by Gasteiger charge is -2.26. The second-order valence-corrected chi connectivity index (χ2v) is 7.95. The highest BCUT2D eigenvalue weighted by Gasteiger charge is 2.45. The van der Waals surface area contributed by atoms with Crippen molar-refractivity contribution in [2.75, 3.05) is 40.9 Å². The van der Waals surface area contributed by atoms with E-state index >= 15 is 0 Å². The van der Waals surface area contributed by atoms with Crippen molar-refractivity contribution in [3.05, 3.63) is 65.2 Å². The van der Waals surface area contributed by atoms with Gasteiger partial charge in [0, 0.05) is 18.7 Å². The number of carbonyl (C=O) groups is 2. The molecule has 3 rings (SSSR count). The maximum absolute atomic E-state index is 13.0. The lowest BCUT2D eigenvalue weighted by atomic mass is 9.95. The summed E-state index contributed by atoms with van der Waals surface area (Å²) in [6.07, 6.45) is 0.896. The van der Waals surface area contributed by atoms with Gasteiger partial charge >= 0.3 is 0 Å². The Hall–Kier alpha value is -3.32. The number of hydrogen-bond donors (Lipinski definition) is 1. The van der Waals surface area contributed by atoms with Gasteiger partial charge in [0.2, 0.25) is 0 Å². The molecule has 7 nitrogen and oxygen atoms in total. The number of amides is 1. The number of aliphatic hydroxyl groups is 1. The van der Waals surface area contributed by atoms with Gasteiger partial charge < -0.3 is 24.4 Å². The van der Waals surface area contributed by atoms with Crippen LogP contribution in [0.1, 0.15) is 30.5 Å². The van der Waals surface area contributed by atoms with E-state index in [9.17, 15) is 14.7 Å². The highest BCUT2D eigenvalue weighted by molar-refractivity contribution is 6.46. The molecule has 0 bridgehead atoms. The average Bonchev–Trinajstić information content (AvgIpc) is 3.06. The summed E-state index contributed by atoms with van der Waals surface area (Å²) >= 11 is 0. The van der Waals surface area contributed by atoms with E-state index in [4.69, 9.17) is 9.47 Å². The highest BCUT2D eigenvalue weighted by atomic mass is 16.5. The number of nitrogens with zero attached hydrogens (tertiary/aromatic N) is 2. The van der Waals surface area contributed by atoms with Crippen LogP contribution in [0.25, 0.3) is 5.76 Å². The Balaban J connectivity index is 2.08. The third kappa shape index (κ3) is 4.94. The van der Waals surface area contributed by atoms with Gasteiger partial charge in [0.05, 0.1) is 25.3 Å². The number of methoxy groups -OCH3 is 1. The van der Waals surface area contributed by atoms with Crippen LogP contribution in [0.5, 0.6) is 11.5 Å². The van der Waals surface area contributed by atoms with Crippen LogP contribution in [0, 0.1) is 0 Å². The minimum Gasteiger partial charge on any atom is -0.507 e. The first-order chi connectivity index (χ1) is 15.4. The van der Waals surface area contributed by atoms with Crippen molar-refractivity contribution in [3.8, 4) is 11.5 Å². The molecule has 1 saturated heterocycles. The Kier molecular flexibility index (Phi) is 7.53. The van der Waals surface area contributed by atoms with Gasteiger partial charge in [-0.1, -0.05) is 31.2 Å². The summed E-state index contributed by atoms with van der Waals surface area (Å²) in [6.45, 7) is 3.58. The standard InChI is InChI=1S/C25H30N2O5/c1-5-15-32-19-11-9-17(10-12-19)22-21(23(28)18-7-6-8-20(16-18)31-4)24(29)25(30)27(22)14-13-26(2)3/h6-12,16,22,28H,5,13-15H2,1-4H3/b23-21-. The van der Waals surface area contributed by atoms with Gasteiger partial charge in [-0.05, 0) is 50.3 Å². The summed E-state index contributed by atoms with van der Waals surface area (Å²) < 4.78 is 10.9. The molecule has 1 fully saturated rings. The van der Waals surface area contributed by atoms with Gasteiger partial charge in [-0.3, -0.25) is 9.59 Å². The van der Waals surface area contributed by atoms with Crippen LogP contribution in [0.4, 0.5) is 0 Å². The minimum absolute atomic E-state index is 0.0734. The van der Waals surface area contributed by atoms with Gasteiger partial charge in [-0.15, -0.1) is 0 Å². The van der Waals surface area contributed by atoms with Crippen molar-refractivity contribution in [3.63, 3.8) is 0 Å². The molecule has 1 heterocycles. The number of likely N-dealkylation sites (N-methyl/N-ethyl adjacent to an activating group) is 1. The maximum Gasteiger partial charge on any atom is 0.295 e. The van der Waals surface area contributed by atoms with Crippen LogP contribution in [0.2, 0.25) is 0 Å². The molecule has 2 aromatic rings. The summed E-state index contributed by atoms with van der Waals surface area (Å²) in [6, 6.07) is 13.4. The minimum atomic E-state index is -0.694. The number of hydrogen-bond acceptors (Lipinski definition) is 6. The predicted molar refractivity (Wildman–Crippen MR) is 123 cm³/mol. The zero-order valence-electron chi connectivity index (χ0n) is 19.0. The SMILES string of the molecule is CCCOc1ccc(C2/C(=C(/O)c3cccc(OC)c3)C(=O)C(=O)N2CCN(C)C)cc1. The summed E-state index contributed by atoms with van der Waals surface area (Å²) in [5.41, 5.74) is 1.23. The number of carbonyl (C=O) groups excluding carboxylic acids is 2. The van der Waals surface area contributed by atoms with Crippen molar-refractivity contribution < 1.29 is 24.2 Å². The van der Waals surface area contributed by atoms with E-state index in [1.54, 1.807) is 24.3 Å². The molecular formula is C25H30N2O5. The van der Waals surface area contributed by atoms with Gasteiger partial charge in [0.15, 0.2) is 0 Å². The van der Waals surface area contributed by atoms with E-state index in [0.29, 0.717) is 36.8 Å². The maximum atomic E-state index is 13.0. The molecule has 0 saturated carbocycles. The Morgan fingerprint density at radius 2 is 1.81 bits per heavy atom. The van der Waals surface area contributed by atoms with Crippen LogP contribution in [0.15, 0.2) is 54.1 Å². The number of benzene rings is 2. The second-order valence-electron chi connectivity index (χ2n) is 7.95. The zero-order valence-corrected chi connectivity index (χ0v) is 19.0. The fraction of sp³-hybridized carbons (Fsp3) is 0.360. The Morgan fingerprint density at radius 3 is 2.44 bits per heavy atom. The van der Waals surface area contributed by atoms with E-state index in [2.05, 4.69) is 0 Å². The zero-order chi connectivity index (χ0) is 23.3. The fourth-order valence-corrected chi connectivity index (χ4v) is 3.66. The van der Waals surface area contributed by atoms with E-state index in [1.807, 2.05) is 50.2 Å². The molecule has 1 atom stereocenters. The largest absolute Gasteiger partial charge is 0.507 e. The molecule has 170 valence electrons. The summed E-state index contributed by atoms with van der Waals surface area (Å²) in [4.78, 5) is 29.5. The molecule has 0 aromatic heterocycles. The molecule has 0 aliphatic carbocycles. The lowest BCUT2D eigenvalue weighted by molar-refractivity contribution is -0.140. The monoisotopic (exact) mass is 438 g/mol. The van der Waals surface area contributed by atoms with E-state index in [-0.39, 0.29) is 11.3 Å². The first kappa shape index (κ1) is 23.3. The Bertz CT molecular complexity index is 998. The van der Waals surface area contributed by atoms with Gasteiger partial charge in [-0.25, -0.2) is 0 Å². The number of rotatable bonds is 9. The molecule has 1 unspecified atom stereocenters. The number of Topliss-reactive ketones (excluding diaryl/α,β-unsaturated/α-hetero) is 1. The molecule has 1 amide bonds. The van der Waals surface area contributed by atoms with Gasteiger partial charge in [0.25, 0.3) is 11.7 Å². The average molecular weight is 439 g/mol. The Labute approximate surface area is 188 Å². The van der Waals surface area contributed by atoms with Crippen molar-refractivity contribution in [2.24, 2.45) is 0 Å². The van der Waals surface area contributed by atoms with Crippen molar-refractivity contribution >= 4 is 17.4 Å². The van der Waals surface area contributed by atoms with Crippen molar-refractivity contribution in [1.82, 2.24) is 9.80 Å². The molecule has 7 heteroatoms. The normalized spacial score (nSPS) is 17.8. The predicted octanol–water partition coefficient (Wildman–Crippen LogP) is 3.47. The second kappa shape index (κ2) is 10.3. The van der Waals surface area contributed by atoms with Crippen LogP contribution in [-0.2, 0) is 9.59 Å². The summed E-state index contributed by atoms with van der Waals surface area (Å²) in [5.74, 6) is -0.266. The summed E-state index contributed by atoms with van der Waals surface area (Å²) in [5, 5.41) is 11.1. The molecule has 1 N–H and O–H groups in total. The first-order valence-electron chi connectivity index (χ1n) is 10.7. The quantitative estimate of drug-likeness (QED) is 0.367. The molecule has 32 heavy (non-hydrogen) atoms. The fourth-order valence-electron chi connectivity index (χ4n) is 3.66. The van der Waals surface area contributed by atoms with E-state index in [1.165, 1.54) is 12.0 Å². The highest BCUT2D eigenvalue weighted by Crippen LogP contribution is 2.40. The van der Waals surface area contributed by atoms with Gasteiger partial charge in [-0.2, -0.15) is 0 Å². The van der Waals surface area contributed by atoms with Crippen molar-refractivity contribution in [2.45, 2.75) is 19.4 Å². The number of likely N-dealkylation sites (tertiary alicyclic amines) is 1. The molecule has 0 radical (unpaired) electrons. The van der Waals surface area contributed by atoms with Crippen LogP contribution < -0.4 is 9.47 Å². The molecule has 1 aliphatic rings. The topological polar surface area (TPSA) is 79.3 Å². The van der Waals surface area contributed by atoms with Crippen LogP contribution in [-0.4, -0.2) is 67.5 Å². The number of ketones is 1. The molecular weight excluding hydrogens is 408 g/mol. The molecule has 1 aliphatic heterocycles. The smallest absolute Gasteiger partial charge is 0.295 e. The van der Waals surface area contributed by atoms with Crippen molar-refractivity contribution in [1.29, 1.82) is 0 Å². The van der Waals surface area contributed by atoms with E-state index in [0.717, 1.165) is 12.0 Å². The number of aliphatic hydroxyl groups excluding tert-OH is 1. The Morgan fingerprint density at radius 1 is 1.09 bits per heavy atom. The van der Waals surface area contributed by atoms with Crippen LogP contribution >= 0.6 is 0 Å². The number of ether oxygens (including phenoxy) is 2. The first-order valence-corrected chi connectivity index (χ1v) is 10.7. The van der Waals surface area contributed by atoms with E-state index < -0.39 is 17.7 Å². The third-order valence-electron chi connectivity index (χ3n) is 5.34. The molecule has 2 aromatic carbocycles. The van der Waals surface area contributed by atoms with Gasteiger partial charge in [0.1, 0.15) is 17.3 Å². The summed E-state index contributed by atoms with van der Waals surface area (Å²) in [7, 11) is 5.34. The van der Waals surface area contributed by atoms with Crippen LogP contribution in [0.3, 0.4) is 0 Å². The molecule has 0 spiro atoms. The lowest BCUT2D eigenvalue weighted by Crippen LogP contribution is -2.35. The third-order valence-corrected chi connectivity index (χ3v) is 5.34.